The molecule has 1 heterocycles. The molecule has 0 atom stereocenters. The van der Waals surface area contributed by atoms with Gasteiger partial charge in [-0.2, -0.15) is 0 Å². The van der Waals surface area contributed by atoms with E-state index in [4.69, 9.17) is 9.52 Å². The molecule has 15 heavy (non-hydrogen) atoms. The van der Waals surface area contributed by atoms with Gasteiger partial charge >= 0.3 is 0 Å². The predicted octanol–water partition coefficient (Wildman–Crippen LogP) is 3.06. The smallest absolute Gasteiger partial charge is 0.183 e. The lowest BCUT2D eigenvalue weighted by molar-refractivity contribution is 0.227. The molecule has 0 bridgehead atoms. The van der Waals surface area contributed by atoms with Gasteiger partial charge in [-0.25, -0.2) is 0 Å². The van der Waals surface area contributed by atoms with Crippen LogP contribution in [0.2, 0.25) is 0 Å². The van der Waals surface area contributed by atoms with Crippen LogP contribution in [-0.4, -0.2) is 17.3 Å². The van der Waals surface area contributed by atoms with E-state index < -0.39 is 0 Å². The van der Waals surface area contributed by atoms with Crippen LogP contribution in [0.25, 0.3) is 0 Å². The molecule has 0 aliphatic heterocycles. The number of hydrogen-bond donors (Lipinski definition) is 2. The Morgan fingerprint density at radius 1 is 1.47 bits per heavy atom. The Morgan fingerprint density at radius 2 is 2.13 bits per heavy atom. The minimum absolute atomic E-state index is 0.0828. The summed E-state index contributed by atoms with van der Waals surface area (Å²) in [6.45, 7) is 4.94. The van der Waals surface area contributed by atoms with Crippen molar-refractivity contribution in [1.82, 2.24) is 5.32 Å². The van der Waals surface area contributed by atoms with Crippen molar-refractivity contribution >= 4 is 31.9 Å². The van der Waals surface area contributed by atoms with E-state index in [1.807, 2.05) is 6.07 Å². The predicted molar refractivity (Wildman–Crippen MR) is 66.7 cm³/mol. The largest absolute Gasteiger partial charge is 0.452 e. The summed E-state index contributed by atoms with van der Waals surface area (Å²) in [6, 6.07) is 1.92. The fourth-order valence-electron chi connectivity index (χ4n) is 1.17. The van der Waals surface area contributed by atoms with E-state index in [2.05, 4.69) is 51.0 Å². The zero-order valence-electron chi connectivity index (χ0n) is 8.81. The minimum Gasteiger partial charge on any atom is -0.452 e. The first-order valence-corrected chi connectivity index (χ1v) is 6.33. The molecule has 0 saturated heterocycles. The Kier molecular flexibility index (Phi) is 4.83. The normalized spacial score (nSPS) is 12.1. The average Bonchev–Trinajstić information content (AvgIpc) is 2.44. The first-order valence-electron chi connectivity index (χ1n) is 4.74. The number of aliphatic hydroxyl groups excluding tert-OH is 1. The average molecular weight is 341 g/mol. The minimum atomic E-state index is -0.0828. The van der Waals surface area contributed by atoms with Crippen LogP contribution in [0, 0.1) is 0 Å². The van der Waals surface area contributed by atoms with E-state index >= 15 is 0 Å². The Morgan fingerprint density at radius 3 is 2.60 bits per heavy atom. The van der Waals surface area contributed by atoms with Gasteiger partial charge in [-0.1, -0.05) is 0 Å². The highest BCUT2D eigenvalue weighted by Gasteiger charge is 2.17. The second-order valence-electron chi connectivity index (χ2n) is 4.05. The van der Waals surface area contributed by atoms with Gasteiger partial charge < -0.3 is 14.8 Å². The molecule has 0 saturated carbocycles. The molecule has 86 valence electrons. The molecule has 3 nitrogen and oxygen atoms in total. The second kappa shape index (κ2) is 5.48. The van der Waals surface area contributed by atoms with Crippen LogP contribution in [0.5, 0.6) is 0 Å². The van der Waals surface area contributed by atoms with Gasteiger partial charge in [0.1, 0.15) is 5.76 Å². The lowest BCUT2D eigenvalue weighted by Gasteiger charge is -2.24. The molecule has 2 N–H and O–H groups in total. The quantitative estimate of drug-likeness (QED) is 0.865. The van der Waals surface area contributed by atoms with E-state index in [0.29, 0.717) is 11.2 Å². The summed E-state index contributed by atoms with van der Waals surface area (Å²) in [4.78, 5) is 0. The third kappa shape index (κ3) is 4.26. The molecule has 0 fully saturated rings. The van der Waals surface area contributed by atoms with Crippen LogP contribution in [0.1, 0.15) is 26.0 Å². The third-order valence-corrected chi connectivity index (χ3v) is 3.88. The Bertz CT molecular complexity index is 304. The van der Waals surface area contributed by atoms with Crippen molar-refractivity contribution in [2.75, 3.05) is 6.61 Å². The van der Waals surface area contributed by atoms with Crippen LogP contribution in [0.4, 0.5) is 0 Å². The third-order valence-electron chi connectivity index (χ3n) is 2.17. The maximum Gasteiger partial charge on any atom is 0.183 e. The molecule has 1 rings (SSSR count). The molecule has 0 spiro atoms. The van der Waals surface area contributed by atoms with Crippen molar-refractivity contribution in [2.45, 2.75) is 32.4 Å². The molecule has 0 aliphatic carbocycles. The maximum atomic E-state index is 8.87. The highest BCUT2D eigenvalue weighted by molar-refractivity contribution is 9.13. The summed E-state index contributed by atoms with van der Waals surface area (Å²) < 4.78 is 7.06. The fraction of sp³-hybridized carbons (Fsp3) is 0.600. The lowest BCUT2D eigenvalue weighted by atomic mass is 10.0. The zero-order chi connectivity index (χ0) is 11.5. The van der Waals surface area contributed by atoms with Gasteiger partial charge in [0.2, 0.25) is 0 Å². The number of furan rings is 1. The molecular weight excluding hydrogens is 326 g/mol. The van der Waals surface area contributed by atoms with Crippen LogP contribution in [0.3, 0.4) is 0 Å². The van der Waals surface area contributed by atoms with E-state index in [1.54, 1.807) is 0 Å². The topological polar surface area (TPSA) is 45.4 Å². The Balaban J connectivity index is 2.49. The van der Waals surface area contributed by atoms with Gasteiger partial charge in [-0.3, -0.25) is 0 Å². The molecule has 0 amide bonds. The first kappa shape index (κ1) is 13.2. The highest BCUT2D eigenvalue weighted by Crippen LogP contribution is 2.26. The van der Waals surface area contributed by atoms with Crippen molar-refractivity contribution in [1.29, 1.82) is 0 Å². The van der Waals surface area contributed by atoms with Crippen molar-refractivity contribution < 1.29 is 9.52 Å². The van der Waals surface area contributed by atoms with E-state index in [-0.39, 0.29) is 12.1 Å². The van der Waals surface area contributed by atoms with Crippen LogP contribution in [0.15, 0.2) is 19.6 Å². The Hall–Kier alpha value is 0.160. The summed E-state index contributed by atoms with van der Waals surface area (Å²) >= 11 is 6.64. The molecule has 0 aliphatic rings. The van der Waals surface area contributed by atoms with E-state index in [0.717, 1.165) is 16.7 Å². The molecule has 1 aromatic rings. The number of halogens is 2. The van der Waals surface area contributed by atoms with Crippen molar-refractivity contribution in [3.63, 3.8) is 0 Å². The molecule has 5 heteroatoms. The molecule has 0 unspecified atom stereocenters. The van der Waals surface area contributed by atoms with Crippen LogP contribution < -0.4 is 5.32 Å². The van der Waals surface area contributed by atoms with Gasteiger partial charge in [0.15, 0.2) is 4.67 Å². The SMILES string of the molecule is CC(C)(CCO)NCc1cc(Br)c(Br)o1. The molecule has 1 aromatic heterocycles. The highest BCUT2D eigenvalue weighted by atomic mass is 79.9. The van der Waals surface area contributed by atoms with Crippen molar-refractivity contribution in [3.8, 4) is 0 Å². The van der Waals surface area contributed by atoms with Gasteiger partial charge in [0, 0.05) is 12.1 Å². The first-order chi connectivity index (χ1) is 6.94. The molecule has 0 aromatic carbocycles. The number of nitrogens with one attached hydrogen (secondary N) is 1. The summed E-state index contributed by atoms with van der Waals surface area (Å²) in [6.07, 6.45) is 0.718. The summed E-state index contributed by atoms with van der Waals surface area (Å²) in [5.41, 5.74) is -0.0828. The summed E-state index contributed by atoms with van der Waals surface area (Å²) in [7, 11) is 0. The van der Waals surface area contributed by atoms with E-state index in [9.17, 15) is 0 Å². The Labute approximate surface area is 106 Å². The van der Waals surface area contributed by atoms with Gasteiger partial charge in [-0.05, 0) is 58.2 Å². The maximum absolute atomic E-state index is 8.87. The zero-order valence-corrected chi connectivity index (χ0v) is 12.0. The second-order valence-corrected chi connectivity index (χ2v) is 5.62. The fourth-order valence-corrected chi connectivity index (χ4v) is 1.83. The number of hydrogen-bond acceptors (Lipinski definition) is 3. The van der Waals surface area contributed by atoms with Crippen LogP contribution in [-0.2, 0) is 6.54 Å². The lowest BCUT2D eigenvalue weighted by Crippen LogP contribution is -2.39. The van der Waals surface area contributed by atoms with Crippen molar-refractivity contribution in [3.05, 3.63) is 21.0 Å². The molecule has 0 radical (unpaired) electrons. The van der Waals surface area contributed by atoms with Crippen molar-refractivity contribution in [2.24, 2.45) is 0 Å². The summed E-state index contributed by atoms with van der Waals surface area (Å²) in [5.74, 6) is 0.861. The summed E-state index contributed by atoms with van der Waals surface area (Å²) in [5, 5.41) is 12.2. The van der Waals surface area contributed by atoms with Gasteiger partial charge in [-0.15, -0.1) is 0 Å². The number of rotatable bonds is 5. The monoisotopic (exact) mass is 339 g/mol. The van der Waals surface area contributed by atoms with Crippen LogP contribution >= 0.6 is 31.9 Å². The van der Waals surface area contributed by atoms with Gasteiger partial charge in [0.25, 0.3) is 0 Å². The number of aliphatic hydroxyl groups is 1. The standard InChI is InChI=1S/C10H15Br2NO2/c1-10(2,3-4-14)13-6-7-5-8(11)9(12)15-7/h5,13-14H,3-4,6H2,1-2H3. The van der Waals surface area contributed by atoms with E-state index in [1.165, 1.54) is 0 Å². The van der Waals surface area contributed by atoms with Gasteiger partial charge in [0.05, 0.1) is 11.0 Å². The molecular formula is C10H15Br2NO2.